The molecule has 3 aliphatic rings. The Hall–Kier alpha value is 0. The van der Waals surface area contributed by atoms with Crippen molar-refractivity contribution < 1.29 is 0 Å². The molecule has 5 atom stereocenters. The number of hydrogen-bond acceptors (Lipinski definition) is 0. The van der Waals surface area contributed by atoms with Crippen LogP contribution in [0.1, 0.15) is 73.1 Å². The third-order valence-corrected chi connectivity index (χ3v) is 7.18. The summed E-state index contributed by atoms with van der Waals surface area (Å²) in [5.41, 5.74) is 2.09. The van der Waals surface area contributed by atoms with Crippen LogP contribution in [0.5, 0.6) is 0 Å². The second kappa shape index (κ2) is 3.31. The van der Waals surface area contributed by atoms with Gasteiger partial charge in [0.05, 0.1) is 0 Å². The Kier molecular flexibility index (Phi) is 2.34. The second-order valence-electron chi connectivity index (χ2n) is 8.57. The van der Waals surface area contributed by atoms with Gasteiger partial charge in [0, 0.05) is 0 Å². The molecule has 0 aromatic rings. The zero-order chi connectivity index (χ0) is 12.5. The Morgan fingerprint density at radius 2 is 1.71 bits per heavy atom. The van der Waals surface area contributed by atoms with Crippen molar-refractivity contribution in [2.45, 2.75) is 73.1 Å². The summed E-state index contributed by atoms with van der Waals surface area (Å²) in [5, 5.41) is 0. The fourth-order valence-electron chi connectivity index (χ4n) is 5.77. The summed E-state index contributed by atoms with van der Waals surface area (Å²) in [7, 11) is 0. The molecule has 0 N–H and O–H groups in total. The highest BCUT2D eigenvalue weighted by Crippen LogP contribution is 2.79. The van der Waals surface area contributed by atoms with Crippen LogP contribution in [-0.2, 0) is 0 Å². The maximum absolute atomic E-state index is 2.63. The lowest BCUT2D eigenvalue weighted by Crippen LogP contribution is -2.33. The van der Waals surface area contributed by atoms with E-state index in [-0.39, 0.29) is 0 Å². The molecule has 1 spiro atoms. The Bertz CT molecular complexity index is 329. The zero-order valence-corrected chi connectivity index (χ0v) is 12.5. The minimum absolute atomic E-state index is 0.580. The van der Waals surface area contributed by atoms with Crippen LogP contribution in [0.3, 0.4) is 0 Å². The first-order valence-corrected chi connectivity index (χ1v) is 7.84. The molecule has 0 amide bonds. The Balaban J connectivity index is 1.92. The largest absolute Gasteiger partial charge is 0.0654 e. The van der Waals surface area contributed by atoms with Gasteiger partial charge in [-0.15, -0.1) is 0 Å². The van der Waals surface area contributed by atoms with E-state index in [1.54, 1.807) is 12.8 Å². The minimum atomic E-state index is 0.580. The Morgan fingerprint density at radius 1 is 1.00 bits per heavy atom. The highest BCUT2D eigenvalue weighted by atomic mass is 14.8. The van der Waals surface area contributed by atoms with Crippen molar-refractivity contribution in [1.29, 1.82) is 0 Å². The van der Waals surface area contributed by atoms with Crippen LogP contribution in [0.2, 0.25) is 0 Å². The van der Waals surface area contributed by atoms with E-state index in [4.69, 9.17) is 0 Å². The maximum Gasteiger partial charge on any atom is -0.0255 e. The SMILES string of the molecule is CCCC1(C)C2CC(C)(C)C(C)CC3(C2)CC31. The molecule has 5 unspecified atom stereocenters. The highest BCUT2D eigenvalue weighted by Gasteiger charge is 2.71. The lowest BCUT2D eigenvalue weighted by atomic mass is 9.64. The molecule has 3 fully saturated rings. The second-order valence-corrected chi connectivity index (χ2v) is 8.57. The monoisotopic (exact) mass is 234 g/mol. The van der Waals surface area contributed by atoms with Gasteiger partial charge in [0.25, 0.3) is 0 Å². The van der Waals surface area contributed by atoms with E-state index in [9.17, 15) is 0 Å². The third kappa shape index (κ3) is 1.48. The molecule has 3 aliphatic carbocycles. The first-order valence-electron chi connectivity index (χ1n) is 7.84. The summed E-state index contributed by atoms with van der Waals surface area (Å²) >= 11 is 0. The van der Waals surface area contributed by atoms with Gasteiger partial charge >= 0.3 is 0 Å². The molecule has 0 saturated heterocycles. The molecule has 98 valence electrons. The molecule has 3 saturated carbocycles. The predicted octanol–water partition coefficient (Wildman–Crippen LogP) is 5.28. The molecule has 0 aromatic carbocycles. The van der Waals surface area contributed by atoms with Crippen molar-refractivity contribution in [3.8, 4) is 0 Å². The van der Waals surface area contributed by atoms with Crippen molar-refractivity contribution in [3.05, 3.63) is 0 Å². The van der Waals surface area contributed by atoms with Gasteiger partial charge in [0.2, 0.25) is 0 Å². The molecule has 0 nitrogen and oxygen atoms in total. The maximum atomic E-state index is 2.63. The average molecular weight is 234 g/mol. The fraction of sp³-hybridized carbons (Fsp3) is 1.00. The van der Waals surface area contributed by atoms with E-state index in [0.29, 0.717) is 10.8 Å². The lowest BCUT2D eigenvalue weighted by molar-refractivity contribution is 0.0822. The summed E-state index contributed by atoms with van der Waals surface area (Å²) in [6, 6.07) is 0. The van der Waals surface area contributed by atoms with Gasteiger partial charge in [-0.3, -0.25) is 0 Å². The first-order chi connectivity index (χ1) is 7.84. The lowest BCUT2D eigenvalue weighted by Gasteiger charge is -2.41. The highest BCUT2D eigenvalue weighted by molar-refractivity contribution is 5.20. The van der Waals surface area contributed by atoms with Gasteiger partial charge in [0.15, 0.2) is 0 Å². The van der Waals surface area contributed by atoms with Crippen molar-refractivity contribution in [2.75, 3.05) is 0 Å². The summed E-state index contributed by atoms with van der Waals surface area (Å²) in [4.78, 5) is 0. The molecular formula is C17H30. The molecule has 17 heavy (non-hydrogen) atoms. The number of rotatable bonds is 2. The van der Waals surface area contributed by atoms with Crippen LogP contribution >= 0.6 is 0 Å². The summed E-state index contributed by atoms with van der Waals surface area (Å²) in [5.74, 6) is 3.06. The number of hydrogen-bond donors (Lipinski definition) is 0. The van der Waals surface area contributed by atoms with Crippen molar-refractivity contribution in [1.82, 2.24) is 0 Å². The molecule has 0 radical (unpaired) electrons. The van der Waals surface area contributed by atoms with E-state index < -0.39 is 0 Å². The van der Waals surface area contributed by atoms with Gasteiger partial charge in [-0.25, -0.2) is 0 Å². The topological polar surface area (TPSA) is 0 Å². The molecule has 0 aliphatic heterocycles. The summed E-state index contributed by atoms with van der Waals surface area (Å²) < 4.78 is 0. The van der Waals surface area contributed by atoms with Crippen LogP contribution in [0.25, 0.3) is 0 Å². The van der Waals surface area contributed by atoms with Crippen molar-refractivity contribution in [2.24, 2.45) is 34.0 Å². The van der Waals surface area contributed by atoms with Gasteiger partial charge in [0.1, 0.15) is 0 Å². The zero-order valence-electron chi connectivity index (χ0n) is 12.5. The Morgan fingerprint density at radius 3 is 2.35 bits per heavy atom. The van der Waals surface area contributed by atoms with Gasteiger partial charge in [-0.2, -0.15) is 0 Å². The summed E-state index contributed by atoms with van der Waals surface area (Å²) in [6.07, 6.45) is 9.02. The predicted molar refractivity (Wildman–Crippen MR) is 73.8 cm³/mol. The van der Waals surface area contributed by atoms with E-state index in [2.05, 4.69) is 34.6 Å². The van der Waals surface area contributed by atoms with Crippen LogP contribution in [0.4, 0.5) is 0 Å². The molecule has 0 aromatic heterocycles. The molecule has 0 heteroatoms. The molecular weight excluding hydrogens is 204 g/mol. The van der Waals surface area contributed by atoms with Gasteiger partial charge in [-0.05, 0) is 66.1 Å². The molecule has 3 rings (SSSR count). The van der Waals surface area contributed by atoms with E-state index in [1.165, 1.54) is 25.7 Å². The van der Waals surface area contributed by atoms with Crippen molar-refractivity contribution >= 4 is 0 Å². The van der Waals surface area contributed by atoms with E-state index in [1.807, 2.05) is 0 Å². The van der Waals surface area contributed by atoms with Crippen molar-refractivity contribution in [3.63, 3.8) is 0 Å². The van der Waals surface area contributed by atoms with Gasteiger partial charge in [-0.1, -0.05) is 41.0 Å². The van der Waals surface area contributed by atoms with E-state index >= 15 is 0 Å². The van der Waals surface area contributed by atoms with Gasteiger partial charge < -0.3 is 0 Å². The van der Waals surface area contributed by atoms with Crippen LogP contribution in [0, 0.1) is 34.0 Å². The minimum Gasteiger partial charge on any atom is -0.0654 e. The van der Waals surface area contributed by atoms with Crippen LogP contribution in [-0.4, -0.2) is 0 Å². The Labute approximate surface area is 108 Å². The van der Waals surface area contributed by atoms with Crippen LogP contribution < -0.4 is 0 Å². The first kappa shape index (κ1) is 12.1. The van der Waals surface area contributed by atoms with E-state index in [0.717, 1.165) is 23.2 Å². The number of fused-ring (bicyclic) bond motifs is 1. The quantitative estimate of drug-likeness (QED) is 0.610. The van der Waals surface area contributed by atoms with Crippen LogP contribution in [0.15, 0.2) is 0 Å². The standard InChI is InChI=1S/C17H30/c1-6-7-16(5)13-9-15(3,4)12(2)8-17(10-13)11-14(16)17/h12-14H,6-11H2,1-5H3. The average Bonchev–Trinajstić information content (AvgIpc) is 2.87. The summed E-state index contributed by atoms with van der Waals surface area (Å²) in [6.45, 7) is 12.6. The fourth-order valence-corrected chi connectivity index (χ4v) is 5.77. The molecule has 0 heterocycles. The normalized spacial score (nSPS) is 55.2. The molecule has 2 bridgehead atoms. The third-order valence-electron chi connectivity index (χ3n) is 7.18. The smallest absolute Gasteiger partial charge is 0.0255 e.